The highest BCUT2D eigenvalue weighted by Crippen LogP contribution is 2.33. The first-order valence-corrected chi connectivity index (χ1v) is 8.34. The van der Waals surface area contributed by atoms with E-state index >= 15 is 0 Å². The van der Waals surface area contributed by atoms with Crippen molar-refractivity contribution in [3.8, 4) is 11.3 Å². The number of aryl methyl sites for hydroxylation is 1. The van der Waals surface area contributed by atoms with Crippen LogP contribution < -0.4 is 5.32 Å². The molecule has 0 spiro atoms. The molecule has 0 aliphatic rings. The quantitative estimate of drug-likeness (QED) is 0.691. The van der Waals surface area contributed by atoms with Gasteiger partial charge in [0.25, 0.3) is 5.91 Å². The van der Waals surface area contributed by atoms with Crippen molar-refractivity contribution in [2.75, 3.05) is 5.32 Å². The molecule has 3 nitrogen and oxygen atoms in total. The normalized spacial score (nSPS) is 10.5. The number of hydrogen-bond acceptors (Lipinski definition) is 3. The maximum absolute atomic E-state index is 12.4. The Bertz CT molecular complexity index is 797. The molecule has 3 aromatic rings. The molecule has 2 aromatic carbocycles. The Hall–Kier alpha value is -1.98. The van der Waals surface area contributed by atoms with Crippen molar-refractivity contribution in [1.29, 1.82) is 0 Å². The number of halogens is 1. The number of amides is 1. The van der Waals surface area contributed by atoms with E-state index in [1.54, 1.807) is 12.1 Å². The van der Waals surface area contributed by atoms with Gasteiger partial charge in [0.05, 0.1) is 5.01 Å². The number of aromatic nitrogens is 1. The minimum absolute atomic E-state index is 0.131. The van der Waals surface area contributed by atoms with E-state index in [1.165, 1.54) is 11.3 Å². The number of hydrogen-bond donors (Lipinski definition) is 1. The largest absolute Gasteiger partial charge is 0.312 e. The molecule has 1 heterocycles. The van der Waals surface area contributed by atoms with Crippen molar-refractivity contribution in [3.63, 3.8) is 0 Å². The maximum atomic E-state index is 12.4. The van der Waals surface area contributed by atoms with E-state index in [1.807, 2.05) is 49.4 Å². The van der Waals surface area contributed by atoms with Crippen molar-refractivity contribution in [2.45, 2.75) is 6.92 Å². The molecule has 0 aliphatic heterocycles. The highest BCUT2D eigenvalue weighted by Gasteiger charge is 2.14. The Labute approximate surface area is 141 Å². The molecular formula is C17H13BrN2OS. The molecule has 0 aliphatic carbocycles. The standard InChI is InChI=1S/C17H13BrN2OS/c1-11-19-15(12-5-3-2-4-6-12)17(22-11)20-16(21)13-7-9-14(18)10-8-13/h2-10H,1H3,(H,20,21). The maximum Gasteiger partial charge on any atom is 0.256 e. The zero-order valence-electron chi connectivity index (χ0n) is 11.8. The number of anilines is 1. The first-order valence-electron chi connectivity index (χ1n) is 6.73. The summed E-state index contributed by atoms with van der Waals surface area (Å²) in [5.74, 6) is -0.131. The summed E-state index contributed by atoms with van der Waals surface area (Å²) in [6, 6.07) is 17.1. The van der Waals surface area contributed by atoms with Gasteiger partial charge in [-0.15, -0.1) is 11.3 Å². The van der Waals surface area contributed by atoms with Crippen LogP contribution in [0, 0.1) is 6.92 Å². The van der Waals surface area contributed by atoms with Gasteiger partial charge in [-0.2, -0.15) is 0 Å². The van der Waals surface area contributed by atoms with Crippen LogP contribution in [0.3, 0.4) is 0 Å². The minimum atomic E-state index is -0.131. The molecule has 0 unspecified atom stereocenters. The third-order valence-electron chi connectivity index (χ3n) is 3.11. The number of nitrogens with one attached hydrogen (secondary N) is 1. The monoisotopic (exact) mass is 372 g/mol. The number of carbonyl (C=O) groups is 1. The predicted octanol–water partition coefficient (Wildman–Crippen LogP) is 5.13. The van der Waals surface area contributed by atoms with Gasteiger partial charge in [0.15, 0.2) is 0 Å². The summed E-state index contributed by atoms with van der Waals surface area (Å²) in [5, 5.41) is 4.66. The number of carbonyl (C=O) groups excluding carboxylic acids is 1. The number of rotatable bonds is 3. The number of thiazole rings is 1. The van der Waals surface area contributed by atoms with Crippen LogP contribution in [0.2, 0.25) is 0 Å². The highest BCUT2D eigenvalue weighted by molar-refractivity contribution is 9.10. The molecule has 1 N–H and O–H groups in total. The zero-order valence-corrected chi connectivity index (χ0v) is 14.2. The van der Waals surface area contributed by atoms with Gasteiger partial charge in [-0.25, -0.2) is 4.98 Å². The first-order chi connectivity index (χ1) is 10.6. The summed E-state index contributed by atoms with van der Waals surface area (Å²) in [7, 11) is 0. The van der Waals surface area contributed by atoms with Crippen molar-refractivity contribution >= 4 is 38.2 Å². The summed E-state index contributed by atoms with van der Waals surface area (Å²) in [5.41, 5.74) is 2.43. The average molecular weight is 373 g/mol. The van der Waals surface area contributed by atoms with E-state index in [0.717, 1.165) is 25.7 Å². The van der Waals surface area contributed by atoms with Crippen LogP contribution in [-0.4, -0.2) is 10.9 Å². The van der Waals surface area contributed by atoms with Gasteiger partial charge >= 0.3 is 0 Å². The molecule has 1 aromatic heterocycles. The van der Waals surface area contributed by atoms with Gasteiger partial charge in [-0.1, -0.05) is 46.3 Å². The minimum Gasteiger partial charge on any atom is -0.312 e. The Kier molecular flexibility index (Phi) is 4.36. The first kappa shape index (κ1) is 14.9. The second-order valence-corrected chi connectivity index (χ2v) is 6.86. The Morgan fingerprint density at radius 2 is 1.77 bits per heavy atom. The van der Waals surface area contributed by atoms with Gasteiger partial charge < -0.3 is 5.32 Å². The molecule has 0 saturated heterocycles. The molecule has 0 atom stereocenters. The highest BCUT2D eigenvalue weighted by atomic mass is 79.9. The Morgan fingerprint density at radius 3 is 2.45 bits per heavy atom. The van der Waals surface area contributed by atoms with Crippen LogP contribution in [0.25, 0.3) is 11.3 Å². The third-order valence-corrected chi connectivity index (χ3v) is 4.53. The topological polar surface area (TPSA) is 42.0 Å². The van der Waals surface area contributed by atoms with Crippen LogP contribution in [-0.2, 0) is 0 Å². The predicted molar refractivity (Wildman–Crippen MR) is 94.4 cm³/mol. The zero-order chi connectivity index (χ0) is 15.5. The van der Waals surface area contributed by atoms with Gasteiger partial charge in [0, 0.05) is 15.6 Å². The van der Waals surface area contributed by atoms with E-state index in [2.05, 4.69) is 26.2 Å². The van der Waals surface area contributed by atoms with Crippen LogP contribution in [0.15, 0.2) is 59.1 Å². The average Bonchev–Trinajstić information content (AvgIpc) is 2.89. The molecule has 5 heteroatoms. The fraction of sp³-hybridized carbons (Fsp3) is 0.0588. The lowest BCUT2D eigenvalue weighted by molar-refractivity contribution is 0.102. The number of nitrogens with zero attached hydrogens (tertiary/aromatic N) is 1. The fourth-order valence-corrected chi connectivity index (χ4v) is 3.18. The Morgan fingerprint density at radius 1 is 1.09 bits per heavy atom. The molecule has 0 bridgehead atoms. The second kappa shape index (κ2) is 6.42. The van der Waals surface area contributed by atoms with E-state index in [-0.39, 0.29) is 5.91 Å². The molecule has 1 amide bonds. The van der Waals surface area contributed by atoms with E-state index in [4.69, 9.17) is 0 Å². The molecule has 22 heavy (non-hydrogen) atoms. The summed E-state index contributed by atoms with van der Waals surface area (Å²) in [6.45, 7) is 1.94. The lowest BCUT2D eigenvalue weighted by atomic mass is 10.1. The Balaban J connectivity index is 1.90. The van der Waals surface area contributed by atoms with Gasteiger partial charge in [-0.3, -0.25) is 4.79 Å². The van der Waals surface area contributed by atoms with Crippen molar-refractivity contribution in [3.05, 3.63) is 69.6 Å². The summed E-state index contributed by atoms with van der Waals surface area (Å²) in [6.07, 6.45) is 0. The smallest absolute Gasteiger partial charge is 0.256 e. The van der Waals surface area contributed by atoms with Gasteiger partial charge in [0.1, 0.15) is 10.7 Å². The lowest BCUT2D eigenvalue weighted by Gasteiger charge is -2.05. The fourth-order valence-electron chi connectivity index (χ4n) is 2.08. The second-order valence-electron chi connectivity index (χ2n) is 4.74. The molecule has 0 saturated carbocycles. The van der Waals surface area contributed by atoms with Crippen molar-refractivity contribution in [2.24, 2.45) is 0 Å². The van der Waals surface area contributed by atoms with Crippen LogP contribution in [0.4, 0.5) is 5.00 Å². The van der Waals surface area contributed by atoms with Crippen LogP contribution in [0.1, 0.15) is 15.4 Å². The van der Waals surface area contributed by atoms with E-state index in [9.17, 15) is 4.79 Å². The molecule has 0 fully saturated rings. The third kappa shape index (κ3) is 3.26. The molecular weight excluding hydrogens is 360 g/mol. The van der Waals surface area contributed by atoms with E-state index < -0.39 is 0 Å². The number of benzene rings is 2. The lowest BCUT2D eigenvalue weighted by Crippen LogP contribution is -2.11. The van der Waals surface area contributed by atoms with E-state index in [0.29, 0.717) is 5.56 Å². The SMILES string of the molecule is Cc1nc(-c2ccccc2)c(NC(=O)c2ccc(Br)cc2)s1. The molecule has 0 radical (unpaired) electrons. The summed E-state index contributed by atoms with van der Waals surface area (Å²) >= 11 is 4.85. The summed E-state index contributed by atoms with van der Waals surface area (Å²) in [4.78, 5) is 16.9. The molecule has 3 rings (SSSR count). The van der Waals surface area contributed by atoms with Crippen LogP contribution >= 0.6 is 27.3 Å². The molecule has 110 valence electrons. The van der Waals surface area contributed by atoms with Gasteiger partial charge in [-0.05, 0) is 31.2 Å². The van der Waals surface area contributed by atoms with Gasteiger partial charge in [0.2, 0.25) is 0 Å². The van der Waals surface area contributed by atoms with Crippen molar-refractivity contribution in [1.82, 2.24) is 4.98 Å². The van der Waals surface area contributed by atoms with Crippen LogP contribution in [0.5, 0.6) is 0 Å². The van der Waals surface area contributed by atoms with Crippen molar-refractivity contribution < 1.29 is 4.79 Å². The summed E-state index contributed by atoms with van der Waals surface area (Å²) < 4.78 is 0.947.